The summed E-state index contributed by atoms with van der Waals surface area (Å²) in [7, 11) is 1.57. The van der Waals surface area contributed by atoms with Gasteiger partial charge >= 0.3 is 0 Å². The number of carbonyl (C=O) groups excluding carboxylic acids is 1. The van der Waals surface area contributed by atoms with E-state index >= 15 is 0 Å². The largest absolute Gasteiger partial charge is 0.457 e. The molecule has 0 unspecified atom stereocenters. The highest BCUT2D eigenvalue weighted by molar-refractivity contribution is 7.22. The van der Waals surface area contributed by atoms with E-state index in [4.69, 9.17) is 4.74 Å². The molecule has 3 atom stereocenters. The Hall–Kier alpha value is -2.71. The highest BCUT2D eigenvalue weighted by atomic mass is 32.1. The number of thiazole rings is 1. The van der Waals surface area contributed by atoms with Crippen LogP contribution in [0.5, 0.6) is 11.5 Å². The molecule has 1 aromatic carbocycles. The van der Waals surface area contributed by atoms with Gasteiger partial charge in [0.2, 0.25) is 0 Å². The fourth-order valence-corrected chi connectivity index (χ4v) is 5.09. The topological polar surface area (TPSA) is 96.4 Å². The van der Waals surface area contributed by atoms with Crippen LogP contribution >= 0.6 is 11.3 Å². The van der Waals surface area contributed by atoms with E-state index in [9.17, 15) is 9.90 Å². The quantitative estimate of drug-likeness (QED) is 0.483. The van der Waals surface area contributed by atoms with Gasteiger partial charge < -0.3 is 20.5 Å². The first-order chi connectivity index (χ1) is 15.1. The van der Waals surface area contributed by atoms with Gasteiger partial charge in [0.05, 0.1) is 10.2 Å². The predicted molar refractivity (Wildman–Crippen MR) is 123 cm³/mol. The first-order valence-corrected chi connectivity index (χ1v) is 11.5. The maximum absolute atomic E-state index is 11.8. The molecule has 0 saturated heterocycles. The highest BCUT2D eigenvalue weighted by Crippen LogP contribution is 2.36. The van der Waals surface area contributed by atoms with E-state index in [1.165, 1.54) is 19.3 Å². The van der Waals surface area contributed by atoms with Gasteiger partial charge in [0, 0.05) is 44.4 Å². The Morgan fingerprint density at radius 3 is 2.87 bits per heavy atom. The minimum atomic E-state index is -0.257. The van der Waals surface area contributed by atoms with Crippen LogP contribution < -0.4 is 15.4 Å². The Morgan fingerprint density at radius 1 is 1.29 bits per heavy atom. The predicted octanol–water partition coefficient (Wildman–Crippen LogP) is 4.30. The third-order valence-corrected chi connectivity index (χ3v) is 6.91. The Kier molecular flexibility index (Phi) is 6.67. The van der Waals surface area contributed by atoms with Crippen LogP contribution in [0.15, 0.2) is 36.5 Å². The maximum atomic E-state index is 11.8. The standard InChI is InChI=1S/C23H28N4O3S/c1-14-3-4-15(9-14)16(13-28)12-26-23-27-19-6-5-17(11-21(19)31-23)30-18-7-8-25-20(10-18)22(29)24-2/h5-8,10-11,14-16,28H,3-4,9,12-13H2,1-2H3,(H,24,29)(H,26,27)/t14-,15+,16+/m0/s1. The van der Waals surface area contributed by atoms with Crippen LogP contribution in [-0.4, -0.2) is 41.2 Å². The number of hydrogen-bond acceptors (Lipinski definition) is 7. The van der Waals surface area contributed by atoms with Crippen molar-refractivity contribution in [2.24, 2.45) is 17.8 Å². The second-order valence-electron chi connectivity index (χ2n) is 8.21. The molecule has 1 fully saturated rings. The molecular weight excluding hydrogens is 412 g/mol. The first kappa shape index (κ1) is 21.5. The normalized spacial score (nSPS) is 19.3. The average molecular weight is 441 g/mol. The second kappa shape index (κ2) is 9.62. The van der Waals surface area contributed by atoms with Crippen LogP contribution in [0.2, 0.25) is 0 Å². The fourth-order valence-electron chi connectivity index (χ4n) is 4.18. The van der Waals surface area contributed by atoms with Crippen LogP contribution in [0, 0.1) is 17.8 Å². The van der Waals surface area contributed by atoms with Gasteiger partial charge in [0.25, 0.3) is 5.91 Å². The van der Waals surface area contributed by atoms with Gasteiger partial charge in [0.1, 0.15) is 17.2 Å². The molecule has 0 spiro atoms. The molecule has 3 aromatic rings. The summed E-state index contributed by atoms with van der Waals surface area (Å²) >= 11 is 1.57. The van der Waals surface area contributed by atoms with Gasteiger partial charge in [0.15, 0.2) is 5.13 Å². The monoisotopic (exact) mass is 440 g/mol. The molecule has 0 aliphatic heterocycles. The van der Waals surface area contributed by atoms with Crippen LogP contribution in [0.3, 0.4) is 0 Å². The molecule has 1 aliphatic rings. The van der Waals surface area contributed by atoms with Gasteiger partial charge in [-0.3, -0.25) is 9.78 Å². The SMILES string of the molecule is CNC(=O)c1cc(Oc2ccc3nc(NC[C@H](CO)[C@@H]4CC[C@H](C)C4)sc3c2)ccn1. The number of aromatic nitrogens is 2. The van der Waals surface area contributed by atoms with Crippen LogP contribution in [0.1, 0.15) is 36.7 Å². The molecule has 31 heavy (non-hydrogen) atoms. The van der Waals surface area contributed by atoms with E-state index in [1.54, 1.807) is 36.7 Å². The summed E-state index contributed by atoms with van der Waals surface area (Å²) < 4.78 is 6.94. The van der Waals surface area contributed by atoms with Gasteiger partial charge in [-0.1, -0.05) is 24.7 Å². The summed E-state index contributed by atoms with van der Waals surface area (Å²) in [6.45, 7) is 3.23. The van der Waals surface area contributed by atoms with Crippen LogP contribution in [0.25, 0.3) is 10.2 Å². The van der Waals surface area contributed by atoms with Gasteiger partial charge in [-0.25, -0.2) is 4.98 Å². The number of fused-ring (bicyclic) bond motifs is 1. The number of ether oxygens (including phenoxy) is 1. The molecule has 164 valence electrons. The zero-order chi connectivity index (χ0) is 21.8. The number of aliphatic hydroxyl groups is 1. The molecular formula is C23H28N4O3S. The fraction of sp³-hybridized carbons (Fsp3) is 0.435. The second-order valence-corrected chi connectivity index (χ2v) is 9.24. The first-order valence-electron chi connectivity index (χ1n) is 10.7. The Bertz CT molecular complexity index is 1050. The molecule has 1 amide bonds. The number of nitrogens with one attached hydrogen (secondary N) is 2. The third-order valence-electron chi connectivity index (χ3n) is 5.94. The molecule has 2 aromatic heterocycles. The number of anilines is 1. The lowest BCUT2D eigenvalue weighted by Gasteiger charge is -2.21. The number of rotatable bonds is 8. The van der Waals surface area contributed by atoms with Crippen molar-refractivity contribution in [1.29, 1.82) is 0 Å². The maximum Gasteiger partial charge on any atom is 0.269 e. The van der Waals surface area contributed by atoms with E-state index in [-0.39, 0.29) is 18.4 Å². The molecule has 1 saturated carbocycles. The van der Waals surface area contributed by atoms with E-state index in [0.717, 1.165) is 27.8 Å². The Labute approximate surface area is 185 Å². The summed E-state index contributed by atoms with van der Waals surface area (Å²) in [6, 6.07) is 9.06. The van der Waals surface area contributed by atoms with Crippen LogP contribution in [-0.2, 0) is 0 Å². The number of amides is 1. The molecule has 2 heterocycles. The van der Waals surface area contributed by atoms with Gasteiger partial charge in [-0.15, -0.1) is 0 Å². The summed E-state index contributed by atoms with van der Waals surface area (Å²) in [5.41, 5.74) is 1.20. The van der Waals surface area contributed by atoms with Crippen molar-refractivity contribution in [3.63, 3.8) is 0 Å². The number of pyridine rings is 1. The summed E-state index contributed by atoms with van der Waals surface area (Å²) in [4.78, 5) is 20.5. The van der Waals surface area contributed by atoms with Crippen molar-refractivity contribution in [3.8, 4) is 11.5 Å². The third kappa shape index (κ3) is 5.14. The number of aliphatic hydroxyl groups excluding tert-OH is 1. The summed E-state index contributed by atoms with van der Waals surface area (Å²) in [5.74, 6) is 2.57. The number of carbonyl (C=O) groups is 1. The molecule has 0 radical (unpaired) electrons. The lowest BCUT2D eigenvalue weighted by atomic mass is 9.91. The molecule has 3 N–H and O–H groups in total. The molecule has 4 rings (SSSR count). The van der Waals surface area contributed by atoms with Crippen molar-refractivity contribution in [2.45, 2.75) is 26.2 Å². The zero-order valence-electron chi connectivity index (χ0n) is 17.8. The van der Waals surface area contributed by atoms with E-state index < -0.39 is 0 Å². The van der Waals surface area contributed by atoms with Crippen LogP contribution in [0.4, 0.5) is 5.13 Å². The number of hydrogen-bond donors (Lipinski definition) is 3. The average Bonchev–Trinajstić information content (AvgIpc) is 3.39. The van der Waals surface area contributed by atoms with E-state index in [2.05, 4.69) is 27.5 Å². The lowest BCUT2D eigenvalue weighted by Crippen LogP contribution is -2.24. The number of nitrogens with zero attached hydrogens (tertiary/aromatic N) is 2. The summed E-state index contributed by atoms with van der Waals surface area (Å²) in [5, 5.41) is 16.7. The van der Waals surface area contributed by atoms with E-state index in [0.29, 0.717) is 23.1 Å². The minimum absolute atomic E-state index is 0.206. The van der Waals surface area contributed by atoms with Gasteiger partial charge in [-0.05, 0) is 42.9 Å². The number of benzene rings is 1. The van der Waals surface area contributed by atoms with E-state index in [1.807, 2.05) is 18.2 Å². The highest BCUT2D eigenvalue weighted by Gasteiger charge is 2.28. The lowest BCUT2D eigenvalue weighted by molar-refractivity contribution is 0.0958. The molecule has 0 bridgehead atoms. The summed E-state index contributed by atoms with van der Waals surface area (Å²) in [6.07, 6.45) is 5.21. The van der Waals surface area contributed by atoms with Crippen molar-refractivity contribution in [1.82, 2.24) is 15.3 Å². The Morgan fingerprint density at radius 2 is 2.13 bits per heavy atom. The van der Waals surface area contributed by atoms with Crippen molar-refractivity contribution in [2.75, 3.05) is 25.5 Å². The van der Waals surface area contributed by atoms with Gasteiger partial charge in [-0.2, -0.15) is 0 Å². The van der Waals surface area contributed by atoms with Crippen molar-refractivity contribution < 1.29 is 14.6 Å². The Balaban J connectivity index is 1.43. The van der Waals surface area contributed by atoms with Crippen molar-refractivity contribution in [3.05, 3.63) is 42.2 Å². The zero-order valence-corrected chi connectivity index (χ0v) is 18.6. The molecule has 1 aliphatic carbocycles. The minimum Gasteiger partial charge on any atom is -0.457 e. The molecule has 8 heteroatoms. The smallest absolute Gasteiger partial charge is 0.269 e. The molecule has 7 nitrogen and oxygen atoms in total. The van der Waals surface area contributed by atoms with Crippen molar-refractivity contribution >= 4 is 32.6 Å².